The number of nitrogens with zero attached hydrogens (tertiary/aromatic N) is 1. The van der Waals surface area contributed by atoms with Crippen LogP contribution in [0.3, 0.4) is 0 Å². The van der Waals surface area contributed by atoms with Crippen molar-refractivity contribution in [2.45, 2.75) is 6.10 Å². The Balaban J connectivity index is 2.82. The number of nitro benzene ring substituents is 1. The van der Waals surface area contributed by atoms with Crippen molar-refractivity contribution in [2.75, 3.05) is 11.9 Å². The van der Waals surface area contributed by atoms with Gasteiger partial charge in [0.15, 0.2) is 5.75 Å². The summed E-state index contributed by atoms with van der Waals surface area (Å²) in [7, 11) is 0. The molecule has 16 heavy (non-hydrogen) atoms. The average molecular weight is 294 g/mol. The van der Waals surface area contributed by atoms with Gasteiger partial charge < -0.3 is 9.84 Å². The van der Waals surface area contributed by atoms with E-state index in [0.717, 1.165) is 18.2 Å². The van der Waals surface area contributed by atoms with E-state index in [4.69, 9.17) is 4.74 Å². The van der Waals surface area contributed by atoms with Gasteiger partial charge in [-0.3, -0.25) is 10.1 Å². The molecule has 0 aliphatic heterocycles. The molecule has 1 rings (SSSR count). The van der Waals surface area contributed by atoms with Crippen LogP contribution in [-0.2, 0) is 0 Å². The lowest BCUT2D eigenvalue weighted by Gasteiger charge is -2.09. The first-order valence-corrected chi connectivity index (χ1v) is 5.47. The smallest absolute Gasteiger partial charge is 0.313 e. The molecule has 0 radical (unpaired) electrons. The lowest BCUT2D eigenvalue weighted by atomic mass is 10.3. The van der Waals surface area contributed by atoms with Gasteiger partial charge in [0.05, 0.1) is 17.1 Å². The highest BCUT2D eigenvalue weighted by Crippen LogP contribution is 2.27. The van der Waals surface area contributed by atoms with Gasteiger partial charge in [0.25, 0.3) is 0 Å². The quantitative estimate of drug-likeness (QED) is 0.511. The molecule has 1 unspecified atom stereocenters. The first kappa shape index (κ1) is 12.9. The molecule has 0 spiro atoms. The minimum Gasteiger partial charge on any atom is -0.484 e. The molecule has 0 aromatic heterocycles. The Morgan fingerprint density at radius 1 is 1.62 bits per heavy atom. The monoisotopic (exact) mass is 293 g/mol. The number of halogens is 2. The summed E-state index contributed by atoms with van der Waals surface area (Å²) in [5.74, 6) is -0.772. The van der Waals surface area contributed by atoms with E-state index in [-0.39, 0.29) is 12.4 Å². The molecule has 1 aromatic rings. The standard InChI is InChI=1S/C9H9BrFNO4/c10-4-7(13)5-16-9-2-1-6(11)3-8(9)12(14)15/h1-3,7,13H,4-5H2. The van der Waals surface area contributed by atoms with Gasteiger partial charge in [0.1, 0.15) is 12.4 Å². The van der Waals surface area contributed by atoms with Crippen LogP contribution in [0.5, 0.6) is 5.75 Å². The van der Waals surface area contributed by atoms with E-state index >= 15 is 0 Å². The maximum atomic E-state index is 12.8. The predicted molar refractivity (Wildman–Crippen MR) is 58.4 cm³/mol. The molecule has 0 fully saturated rings. The fourth-order valence-electron chi connectivity index (χ4n) is 0.986. The van der Waals surface area contributed by atoms with Crippen molar-refractivity contribution < 1.29 is 19.2 Å². The van der Waals surface area contributed by atoms with E-state index in [9.17, 15) is 19.6 Å². The zero-order chi connectivity index (χ0) is 12.1. The first-order valence-electron chi connectivity index (χ1n) is 4.35. The molecule has 0 saturated heterocycles. The maximum Gasteiger partial charge on any atom is 0.313 e. The third kappa shape index (κ3) is 3.42. The molecular formula is C9H9BrFNO4. The normalized spacial score (nSPS) is 12.2. The third-order valence-corrected chi connectivity index (χ3v) is 2.47. The molecule has 0 aliphatic carbocycles. The van der Waals surface area contributed by atoms with E-state index in [0.29, 0.717) is 5.33 Å². The van der Waals surface area contributed by atoms with E-state index in [1.807, 2.05) is 0 Å². The Bertz CT molecular complexity index is 388. The Labute approximate surface area is 99.1 Å². The topological polar surface area (TPSA) is 72.6 Å². The molecule has 88 valence electrons. The second-order valence-corrected chi connectivity index (χ2v) is 3.64. The summed E-state index contributed by atoms with van der Waals surface area (Å²) in [5.41, 5.74) is -0.457. The molecule has 0 amide bonds. The number of ether oxygens (including phenoxy) is 1. The maximum absolute atomic E-state index is 12.8. The molecule has 5 nitrogen and oxygen atoms in total. The van der Waals surface area contributed by atoms with Crippen LogP contribution in [0.15, 0.2) is 18.2 Å². The Hall–Kier alpha value is -1.21. The Morgan fingerprint density at radius 3 is 2.88 bits per heavy atom. The largest absolute Gasteiger partial charge is 0.484 e. The highest BCUT2D eigenvalue weighted by molar-refractivity contribution is 9.09. The van der Waals surface area contributed by atoms with Crippen LogP contribution >= 0.6 is 15.9 Å². The minimum absolute atomic E-state index is 0.0635. The van der Waals surface area contributed by atoms with Gasteiger partial charge in [0, 0.05) is 5.33 Å². The fraction of sp³-hybridized carbons (Fsp3) is 0.333. The predicted octanol–water partition coefficient (Wildman–Crippen LogP) is 1.87. The number of aliphatic hydroxyl groups is 1. The molecule has 7 heteroatoms. The molecule has 0 heterocycles. The van der Waals surface area contributed by atoms with Crippen LogP contribution in [0, 0.1) is 15.9 Å². The van der Waals surface area contributed by atoms with Gasteiger partial charge >= 0.3 is 5.69 Å². The third-order valence-electron chi connectivity index (χ3n) is 1.73. The van der Waals surface area contributed by atoms with E-state index < -0.39 is 22.5 Å². The molecule has 1 atom stereocenters. The highest BCUT2D eigenvalue weighted by Gasteiger charge is 2.17. The number of benzene rings is 1. The summed E-state index contributed by atoms with van der Waals surface area (Å²) in [6, 6.07) is 2.99. The number of rotatable bonds is 5. The lowest BCUT2D eigenvalue weighted by Crippen LogP contribution is -2.19. The second-order valence-electron chi connectivity index (χ2n) is 2.99. The molecular weight excluding hydrogens is 285 g/mol. The van der Waals surface area contributed by atoms with Crippen LogP contribution in [0.25, 0.3) is 0 Å². The van der Waals surface area contributed by atoms with Crippen LogP contribution < -0.4 is 4.74 Å². The SMILES string of the molecule is O=[N+]([O-])c1cc(F)ccc1OCC(O)CBr. The summed E-state index contributed by atoms with van der Waals surface area (Å²) >= 11 is 3.02. The summed E-state index contributed by atoms with van der Waals surface area (Å²) in [5, 5.41) is 20.1. The molecule has 0 bridgehead atoms. The van der Waals surface area contributed by atoms with Crippen molar-refractivity contribution >= 4 is 21.6 Å². The van der Waals surface area contributed by atoms with Crippen molar-refractivity contribution in [1.82, 2.24) is 0 Å². The van der Waals surface area contributed by atoms with Gasteiger partial charge in [-0.05, 0) is 12.1 Å². The summed E-state index contributed by atoms with van der Waals surface area (Å²) in [6.45, 7) is -0.0995. The number of nitro groups is 1. The van der Waals surface area contributed by atoms with Crippen LogP contribution in [0.2, 0.25) is 0 Å². The number of alkyl halides is 1. The minimum atomic E-state index is -0.773. The number of aliphatic hydroxyl groups excluding tert-OH is 1. The van der Waals surface area contributed by atoms with E-state index in [1.54, 1.807) is 0 Å². The number of hydrogen-bond donors (Lipinski definition) is 1. The zero-order valence-corrected chi connectivity index (χ0v) is 9.68. The van der Waals surface area contributed by atoms with Crippen molar-refractivity contribution in [3.05, 3.63) is 34.1 Å². The first-order chi connectivity index (χ1) is 7.54. The Kier molecular flexibility index (Phi) is 4.63. The zero-order valence-electron chi connectivity index (χ0n) is 8.10. The van der Waals surface area contributed by atoms with Crippen LogP contribution in [0.4, 0.5) is 10.1 Å². The highest BCUT2D eigenvalue weighted by atomic mass is 79.9. The van der Waals surface area contributed by atoms with Gasteiger partial charge in [-0.25, -0.2) is 4.39 Å². The van der Waals surface area contributed by atoms with Crippen molar-refractivity contribution in [2.24, 2.45) is 0 Å². The average Bonchev–Trinajstić information content (AvgIpc) is 2.26. The summed E-state index contributed by atoms with van der Waals surface area (Å²) in [6.07, 6.45) is -0.773. The van der Waals surface area contributed by atoms with Crippen molar-refractivity contribution in [1.29, 1.82) is 0 Å². The van der Waals surface area contributed by atoms with Crippen LogP contribution in [0.1, 0.15) is 0 Å². The fourth-order valence-corrected chi connectivity index (χ4v) is 1.17. The van der Waals surface area contributed by atoms with Gasteiger partial charge in [0.2, 0.25) is 0 Å². The van der Waals surface area contributed by atoms with Crippen molar-refractivity contribution in [3.63, 3.8) is 0 Å². The van der Waals surface area contributed by atoms with Gasteiger partial charge in [-0.1, -0.05) is 15.9 Å². The number of hydrogen-bond acceptors (Lipinski definition) is 4. The van der Waals surface area contributed by atoms with Gasteiger partial charge in [-0.15, -0.1) is 0 Å². The molecule has 1 N–H and O–H groups in total. The van der Waals surface area contributed by atoms with E-state index in [2.05, 4.69) is 15.9 Å². The summed E-state index contributed by atoms with van der Waals surface area (Å²) < 4.78 is 17.8. The second kappa shape index (κ2) is 5.76. The molecule has 1 aromatic carbocycles. The Morgan fingerprint density at radius 2 is 2.31 bits per heavy atom. The lowest BCUT2D eigenvalue weighted by molar-refractivity contribution is -0.386. The van der Waals surface area contributed by atoms with Crippen LogP contribution in [-0.4, -0.2) is 28.1 Å². The molecule has 0 saturated carbocycles. The summed E-state index contributed by atoms with van der Waals surface area (Å²) in [4.78, 5) is 9.84. The van der Waals surface area contributed by atoms with Gasteiger partial charge in [-0.2, -0.15) is 0 Å². The van der Waals surface area contributed by atoms with Crippen molar-refractivity contribution in [3.8, 4) is 5.75 Å². The van der Waals surface area contributed by atoms with E-state index in [1.165, 1.54) is 0 Å². The molecule has 0 aliphatic rings.